The summed E-state index contributed by atoms with van der Waals surface area (Å²) in [6.45, 7) is 2.44. The van der Waals surface area contributed by atoms with Gasteiger partial charge in [0, 0.05) is 37.6 Å². The molecule has 32 heavy (non-hydrogen) atoms. The number of sulfonamides is 1. The van der Waals surface area contributed by atoms with Crippen molar-refractivity contribution in [3.8, 4) is 5.69 Å². The summed E-state index contributed by atoms with van der Waals surface area (Å²) in [5, 5.41) is 2.62. The van der Waals surface area contributed by atoms with E-state index in [0.29, 0.717) is 30.2 Å². The van der Waals surface area contributed by atoms with Crippen molar-refractivity contribution in [1.82, 2.24) is 19.2 Å². The van der Waals surface area contributed by atoms with Gasteiger partial charge < -0.3 is 9.88 Å². The van der Waals surface area contributed by atoms with Gasteiger partial charge in [-0.05, 0) is 55.7 Å². The number of amides is 1. The van der Waals surface area contributed by atoms with Crippen LogP contribution in [0.4, 0.5) is 8.78 Å². The molecule has 2 heterocycles. The van der Waals surface area contributed by atoms with Crippen molar-refractivity contribution >= 4 is 15.9 Å². The second kappa shape index (κ2) is 8.79. The SMILES string of the molecule is Cc1nccn1-c1ccc(CNC(=O)c2ccc(F)c(S(=O)(=O)N3CCCC3)c2)cc1F. The van der Waals surface area contributed by atoms with E-state index in [4.69, 9.17) is 0 Å². The highest BCUT2D eigenvalue weighted by atomic mass is 32.2. The first-order valence-corrected chi connectivity index (χ1v) is 11.6. The molecular formula is C22H22F2N4O3S. The molecule has 0 radical (unpaired) electrons. The molecule has 0 spiro atoms. The van der Waals surface area contributed by atoms with Gasteiger partial charge in [0.1, 0.15) is 22.4 Å². The summed E-state index contributed by atoms with van der Waals surface area (Å²) >= 11 is 0. The zero-order valence-corrected chi connectivity index (χ0v) is 18.2. The topological polar surface area (TPSA) is 84.3 Å². The molecule has 0 atom stereocenters. The summed E-state index contributed by atoms with van der Waals surface area (Å²) in [7, 11) is -4.01. The number of aryl methyl sites for hydroxylation is 1. The zero-order valence-electron chi connectivity index (χ0n) is 17.4. The van der Waals surface area contributed by atoms with Crippen molar-refractivity contribution in [1.29, 1.82) is 0 Å². The molecule has 168 valence electrons. The first-order valence-electron chi connectivity index (χ1n) is 10.1. The van der Waals surface area contributed by atoms with Gasteiger partial charge in [-0.3, -0.25) is 4.79 Å². The summed E-state index contributed by atoms with van der Waals surface area (Å²) in [5.41, 5.74) is 0.866. The molecular weight excluding hydrogens is 438 g/mol. The fourth-order valence-electron chi connectivity index (χ4n) is 3.68. The Kier molecular flexibility index (Phi) is 6.07. The normalized spacial score (nSPS) is 14.6. The van der Waals surface area contributed by atoms with Gasteiger partial charge in [0.15, 0.2) is 0 Å². The van der Waals surface area contributed by atoms with E-state index in [9.17, 15) is 22.0 Å². The first-order chi connectivity index (χ1) is 15.3. The van der Waals surface area contributed by atoms with Crippen molar-refractivity contribution in [2.45, 2.75) is 31.2 Å². The lowest BCUT2D eigenvalue weighted by Gasteiger charge is -2.16. The molecule has 1 N–H and O–H groups in total. The predicted molar refractivity (Wildman–Crippen MR) is 114 cm³/mol. The lowest BCUT2D eigenvalue weighted by molar-refractivity contribution is 0.0950. The number of carbonyl (C=O) groups excluding carboxylic acids is 1. The van der Waals surface area contributed by atoms with Crippen LogP contribution in [0.2, 0.25) is 0 Å². The highest BCUT2D eigenvalue weighted by Crippen LogP contribution is 2.24. The molecule has 0 saturated carbocycles. The van der Waals surface area contributed by atoms with Crippen molar-refractivity contribution in [2.24, 2.45) is 0 Å². The number of aromatic nitrogens is 2. The fourth-order valence-corrected chi connectivity index (χ4v) is 5.29. The summed E-state index contributed by atoms with van der Waals surface area (Å²) in [4.78, 5) is 16.1. The van der Waals surface area contributed by atoms with E-state index in [0.717, 1.165) is 25.0 Å². The van der Waals surface area contributed by atoms with E-state index < -0.39 is 32.5 Å². The van der Waals surface area contributed by atoms with Gasteiger partial charge in [0.25, 0.3) is 5.91 Å². The van der Waals surface area contributed by atoms with Gasteiger partial charge in [-0.2, -0.15) is 4.31 Å². The largest absolute Gasteiger partial charge is 0.348 e. The predicted octanol–water partition coefficient (Wildman–Crippen LogP) is 3.17. The Morgan fingerprint density at radius 2 is 1.84 bits per heavy atom. The molecule has 2 aromatic carbocycles. The van der Waals surface area contributed by atoms with Gasteiger partial charge in [-0.15, -0.1) is 0 Å². The molecule has 7 nitrogen and oxygen atoms in total. The Balaban J connectivity index is 1.49. The fraction of sp³-hybridized carbons (Fsp3) is 0.273. The minimum atomic E-state index is -4.01. The molecule has 3 aromatic rings. The van der Waals surface area contributed by atoms with Crippen molar-refractivity contribution in [3.63, 3.8) is 0 Å². The van der Waals surface area contributed by atoms with Crippen LogP contribution in [0.15, 0.2) is 53.7 Å². The van der Waals surface area contributed by atoms with Crippen LogP contribution in [0.5, 0.6) is 0 Å². The summed E-state index contributed by atoms with van der Waals surface area (Å²) in [5.74, 6) is -1.32. The van der Waals surface area contributed by atoms with Crippen LogP contribution < -0.4 is 5.32 Å². The van der Waals surface area contributed by atoms with Gasteiger partial charge >= 0.3 is 0 Å². The van der Waals surface area contributed by atoms with Crippen LogP contribution in [0, 0.1) is 18.6 Å². The molecule has 1 saturated heterocycles. The number of halogens is 2. The molecule has 1 fully saturated rings. The third-order valence-electron chi connectivity index (χ3n) is 5.43. The Hall–Kier alpha value is -3.11. The van der Waals surface area contributed by atoms with Crippen molar-refractivity contribution in [3.05, 3.63) is 77.4 Å². The van der Waals surface area contributed by atoms with Crippen LogP contribution >= 0.6 is 0 Å². The van der Waals surface area contributed by atoms with Gasteiger partial charge in [0.05, 0.1) is 5.69 Å². The number of hydrogen-bond donors (Lipinski definition) is 1. The number of imidazole rings is 1. The van der Waals surface area contributed by atoms with E-state index in [2.05, 4.69) is 10.3 Å². The van der Waals surface area contributed by atoms with Gasteiger partial charge in [0.2, 0.25) is 10.0 Å². The third kappa shape index (κ3) is 4.28. The molecule has 4 rings (SSSR count). The number of carbonyl (C=O) groups is 1. The van der Waals surface area contributed by atoms with Crippen molar-refractivity contribution < 1.29 is 22.0 Å². The first kappa shape index (κ1) is 22.1. The molecule has 10 heteroatoms. The summed E-state index contributed by atoms with van der Waals surface area (Å²) in [6.07, 6.45) is 4.66. The average molecular weight is 461 g/mol. The van der Waals surface area contributed by atoms with Crippen LogP contribution in [0.3, 0.4) is 0 Å². The molecule has 1 amide bonds. The highest BCUT2D eigenvalue weighted by Gasteiger charge is 2.30. The van der Waals surface area contributed by atoms with E-state index >= 15 is 0 Å². The Morgan fingerprint density at radius 3 is 2.50 bits per heavy atom. The molecule has 0 bridgehead atoms. The standard InChI is InChI=1S/C22H22F2N4O3S/c1-15-25-8-11-28(15)20-7-4-16(12-19(20)24)14-26-22(29)17-5-6-18(23)21(13-17)32(30,31)27-9-2-3-10-27/h4-8,11-13H,2-3,9-10,14H2,1H3,(H,26,29). The molecule has 0 aliphatic carbocycles. The lowest BCUT2D eigenvalue weighted by atomic mass is 10.1. The molecule has 1 aromatic heterocycles. The van der Waals surface area contributed by atoms with E-state index in [-0.39, 0.29) is 12.1 Å². The lowest BCUT2D eigenvalue weighted by Crippen LogP contribution is -2.29. The van der Waals surface area contributed by atoms with Gasteiger partial charge in [-0.25, -0.2) is 22.2 Å². The third-order valence-corrected chi connectivity index (χ3v) is 7.34. The van der Waals surface area contributed by atoms with Crippen LogP contribution in [-0.4, -0.2) is 41.3 Å². The smallest absolute Gasteiger partial charge is 0.251 e. The second-order valence-corrected chi connectivity index (χ2v) is 9.48. The highest BCUT2D eigenvalue weighted by molar-refractivity contribution is 7.89. The maximum atomic E-state index is 14.5. The maximum Gasteiger partial charge on any atom is 0.251 e. The van der Waals surface area contributed by atoms with Gasteiger partial charge in [-0.1, -0.05) is 6.07 Å². The number of rotatable bonds is 6. The summed E-state index contributed by atoms with van der Waals surface area (Å²) < 4.78 is 57.1. The van der Waals surface area contributed by atoms with Crippen LogP contribution in [-0.2, 0) is 16.6 Å². The number of nitrogens with zero attached hydrogens (tertiary/aromatic N) is 3. The minimum Gasteiger partial charge on any atom is -0.348 e. The van der Waals surface area contributed by atoms with Crippen molar-refractivity contribution in [2.75, 3.05) is 13.1 Å². The molecule has 0 unspecified atom stereocenters. The van der Waals surface area contributed by atoms with E-state index in [1.54, 1.807) is 36.0 Å². The van der Waals surface area contributed by atoms with E-state index in [1.807, 2.05) is 0 Å². The summed E-state index contributed by atoms with van der Waals surface area (Å²) in [6, 6.07) is 7.81. The number of benzene rings is 2. The number of hydrogen-bond acceptors (Lipinski definition) is 4. The monoisotopic (exact) mass is 460 g/mol. The minimum absolute atomic E-state index is 0.00954. The Labute approximate surface area is 184 Å². The van der Waals surface area contributed by atoms with E-state index in [1.165, 1.54) is 16.4 Å². The second-order valence-electron chi connectivity index (χ2n) is 7.57. The Bertz CT molecular complexity index is 1270. The van der Waals surface area contributed by atoms with Crippen LogP contribution in [0.25, 0.3) is 5.69 Å². The average Bonchev–Trinajstić information content (AvgIpc) is 3.45. The number of nitrogens with one attached hydrogen (secondary N) is 1. The quantitative estimate of drug-likeness (QED) is 0.613. The Morgan fingerprint density at radius 1 is 1.09 bits per heavy atom. The zero-order chi connectivity index (χ0) is 22.9. The maximum absolute atomic E-state index is 14.5. The molecule has 1 aliphatic heterocycles. The molecule has 1 aliphatic rings. The van der Waals surface area contributed by atoms with Crippen LogP contribution in [0.1, 0.15) is 34.6 Å².